The molecule has 1 aromatic carbocycles. The van der Waals surface area contributed by atoms with Crippen LogP contribution in [0.3, 0.4) is 0 Å². The van der Waals surface area contributed by atoms with Gasteiger partial charge >= 0.3 is 0 Å². The summed E-state index contributed by atoms with van der Waals surface area (Å²) in [6.45, 7) is 8.42. The van der Waals surface area contributed by atoms with Gasteiger partial charge in [-0.05, 0) is 56.7 Å². The van der Waals surface area contributed by atoms with E-state index in [1.165, 1.54) is 0 Å². The van der Waals surface area contributed by atoms with Crippen LogP contribution in [-0.2, 0) is 4.74 Å². The van der Waals surface area contributed by atoms with Crippen molar-refractivity contribution in [3.63, 3.8) is 0 Å². The number of phenolic OH excluding ortho intramolecular Hbond substituents is 1. The Hall–Kier alpha value is -1.02. The molecule has 2 rings (SSSR count). The molecule has 1 aliphatic rings. The topological polar surface area (TPSA) is 32.8 Å². The predicted octanol–water partition coefficient (Wildman–Crippen LogP) is 3.76. The van der Waals surface area contributed by atoms with Crippen LogP contribution in [0.1, 0.15) is 50.7 Å². The van der Waals surface area contributed by atoms with Gasteiger partial charge in [0.25, 0.3) is 0 Å². The van der Waals surface area contributed by atoms with E-state index in [1.807, 2.05) is 19.1 Å². The quantitative estimate of drug-likeness (QED) is 0.804. The highest BCUT2D eigenvalue weighted by molar-refractivity contribution is 5.38. The van der Waals surface area contributed by atoms with Gasteiger partial charge in [-0.1, -0.05) is 19.1 Å². The third-order valence-electron chi connectivity index (χ3n) is 3.74. The highest BCUT2D eigenvalue weighted by Crippen LogP contribution is 2.40. The lowest BCUT2D eigenvalue weighted by molar-refractivity contribution is 0.317. The zero-order valence-corrected chi connectivity index (χ0v) is 11.2. The van der Waals surface area contributed by atoms with Crippen LogP contribution in [0.4, 0.5) is 0 Å². The molecule has 0 aromatic heterocycles. The second-order valence-corrected chi connectivity index (χ2v) is 5.75. The third-order valence-corrected chi connectivity index (χ3v) is 3.74. The second-order valence-electron chi connectivity index (χ2n) is 5.75. The summed E-state index contributed by atoms with van der Waals surface area (Å²) in [5.41, 5.74) is 2.23. The average molecular weight is 234 g/mol. The van der Waals surface area contributed by atoms with Crippen molar-refractivity contribution in [1.82, 2.24) is 0 Å². The van der Waals surface area contributed by atoms with Crippen molar-refractivity contribution < 1.29 is 9.84 Å². The molecular formula is C15H22O2. The molecule has 2 heteroatoms. The Balaban J connectivity index is 1.93. The third kappa shape index (κ3) is 2.81. The van der Waals surface area contributed by atoms with Gasteiger partial charge in [-0.25, -0.2) is 0 Å². The van der Waals surface area contributed by atoms with Crippen molar-refractivity contribution in [2.24, 2.45) is 0 Å². The fraction of sp³-hybridized carbons (Fsp3) is 0.600. The van der Waals surface area contributed by atoms with Gasteiger partial charge in [0.1, 0.15) is 5.75 Å². The van der Waals surface area contributed by atoms with E-state index in [4.69, 9.17) is 4.74 Å². The van der Waals surface area contributed by atoms with Crippen molar-refractivity contribution in [2.75, 3.05) is 0 Å². The van der Waals surface area contributed by atoms with E-state index in [2.05, 4.69) is 26.8 Å². The molecular weight excluding hydrogens is 212 g/mol. The minimum Gasteiger partial charge on any atom is -0.508 e. The van der Waals surface area contributed by atoms with E-state index in [-0.39, 0.29) is 5.60 Å². The maximum absolute atomic E-state index is 9.91. The molecule has 94 valence electrons. The van der Waals surface area contributed by atoms with Crippen LogP contribution in [0.15, 0.2) is 18.2 Å². The molecule has 0 unspecified atom stereocenters. The van der Waals surface area contributed by atoms with Crippen molar-refractivity contribution in [2.45, 2.75) is 58.2 Å². The SMILES string of the molecule is Cc1ccc([C@H](C)CC[C@H]2OC2(C)C)c(O)c1. The zero-order valence-electron chi connectivity index (χ0n) is 11.2. The van der Waals surface area contributed by atoms with E-state index in [1.54, 1.807) is 0 Å². The molecule has 0 saturated carbocycles. The van der Waals surface area contributed by atoms with Crippen molar-refractivity contribution in [3.05, 3.63) is 29.3 Å². The normalized spacial score (nSPS) is 23.4. The Morgan fingerprint density at radius 2 is 2.06 bits per heavy atom. The molecule has 0 spiro atoms. The molecule has 0 aliphatic carbocycles. The molecule has 1 aromatic rings. The Bertz CT molecular complexity index is 409. The maximum atomic E-state index is 9.91. The van der Waals surface area contributed by atoms with Gasteiger partial charge in [-0.15, -0.1) is 0 Å². The molecule has 0 radical (unpaired) electrons. The van der Waals surface area contributed by atoms with Crippen LogP contribution >= 0.6 is 0 Å². The fourth-order valence-electron chi connectivity index (χ4n) is 2.37. The largest absolute Gasteiger partial charge is 0.508 e. The van der Waals surface area contributed by atoms with Gasteiger partial charge in [-0.3, -0.25) is 0 Å². The molecule has 1 saturated heterocycles. The zero-order chi connectivity index (χ0) is 12.6. The first-order valence-corrected chi connectivity index (χ1v) is 6.37. The molecule has 1 N–H and O–H groups in total. The Morgan fingerprint density at radius 1 is 1.41 bits per heavy atom. The van der Waals surface area contributed by atoms with Gasteiger partial charge in [0.15, 0.2) is 0 Å². The lowest BCUT2D eigenvalue weighted by atomic mass is 9.92. The van der Waals surface area contributed by atoms with E-state index in [0.29, 0.717) is 17.8 Å². The summed E-state index contributed by atoms with van der Waals surface area (Å²) in [6.07, 6.45) is 2.53. The van der Waals surface area contributed by atoms with E-state index in [0.717, 1.165) is 24.0 Å². The van der Waals surface area contributed by atoms with Crippen LogP contribution < -0.4 is 0 Å². The molecule has 2 nitrogen and oxygen atoms in total. The Kier molecular flexibility index (Phi) is 3.17. The van der Waals surface area contributed by atoms with Crippen LogP contribution in [0.2, 0.25) is 0 Å². The highest BCUT2D eigenvalue weighted by atomic mass is 16.6. The molecule has 1 heterocycles. The van der Waals surface area contributed by atoms with E-state index in [9.17, 15) is 5.11 Å². The van der Waals surface area contributed by atoms with E-state index >= 15 is 0 Å². The standard InChI is InChI=1S/C15H22O2/c1-10-5-7-12(13(16)9-10)11(2)6-8-14-15(3,4)17-14/h5,7,9,11,14,16H,6,8H2,1-4H3/t11-,14-/m1/s1. The van der Waals surface area contributed by atoms with E-state index < -0.39 is 0 Å². The smallest absolute Gasteiger partial charge is 0.119 e. The number of epoxide rings is 1. The van der Waals surface area contributed by atoms with Crippen molar-refractivity contribution >= 4 is 0 Å². The summed E-state index contributed by atoms with van der Waals surface area (Å²) < 4.78 is 5.58. The maximum Gasteiger partial charge on any atom is 0.119 e. The van der Waals surface area contributed by atoms with Crippen LogP contribution in [-0.4, -0.2) is 16.8 Å². The minimum absolute atomic E-state index is 0.0784. The lowest BCUT2D eigenvalue weighted by Crippen LogP contribution is -2.04. The lowest BCUT2D eigenvalue weighted by Gasteiger charge is -2.13. The molecule has 0 amide bonds. The Morgan fingerprint density at radius 3 is 2.59 bits per heavy atom. The number of benzene rings is 1. The summed E-state index contributed by atoms with van der Waals surface area (Å²) >= 11 is 0. The average Bonchev–Trinajstić information content (AvgIpc) is 2.83. The number of aromatic hydroxyl groups is 1. The fourth-order valence-corrected chi connectivity index (χ4v) is 2.37. The first-order valence-electron chi connectivity index (χ1n) is 6.37. The van der Waals surface area contributed by atoms with Crippen LogP contribution in [0.5, 0.6) is 5.75 Å². The van der Waals surface area contributed by atoms with Gasteiger partial charge in [0, 0.05) is 0 Å². The highest BCUT2D eigenvalue weighted by Gasteiger charge is 2.47. The summed E-state index contributed by atoms with van der Waals surface area (Å²) in [6, 6.07) is 5.93. The van der Waals surface area contributed by atoms with Gasteiger partial charge in [-0.2, -0.15) is 0 Å². The number of aryl methyl sites for hydroxylation is 1. The van der Waals surface area contributed by atoms with Crippen LogP contribution in [0.25, 0.3) is 0 Å². The number of hydrogen-bond donors (Lipinski definition) is 1. The van der Waals surface area contributed by atoms with Gasteiger partial charge < -0.3 is 9.84 Å². The molecule has 17 heavy (non-hydrogen) atoms. The van der Waals surface area contributed by atoms with Gasteiger partial charge in [0.2, 0.25) is 0 Å². The number of phenols is 1. The molecule has 2 atom stereocenters. The van der Waals surface area contributed by atoms with Gasteiger partial charge in [0.05, 0.1) is 11.7 Å². The van der Waals surface area contributed by atoms with Crippen molar-refractivity contribution in [1.29, 1.82) is 0 Å². The first kappa shape index (κ1) is 12.4. The second kappa shape index (κ2) is 4.34. The molecule has 1 aliphatic heterocycles. The minimum atomic E-state index is 0.0784. The Labute approximate surface area is 104 Å². The summed E-state index contributed by atoms with van der Waals surface area (Å²) in [7, 11) is 0. The number of ether oxygens (including phenoxy) is 1. The number of rotatable bonds is 4. The first-order chi connectivity index (χ1) is 7.90. The monoisotopic (exact) mass is 234 g/mol. The molecule has 0 bridgehead atoms. The predicted molar refractivity (Wildman–Crippen MR) is 69.4 cm³/mol. The summed E-state index contributed by atoms with van der Waals surface area (Å²) in [5.74, 6) is 0.809. The molecule has 1 fully saturated rings. The summed E-state index contributed by atoms with van der Waals surface area (Å²) in [4.78, 5) is 0. The number of hydrogen-bond acceptors (Lipinski definition) is 2. The van der Waals surface area contributed by atoms with Crippen molar-refractivity contribution in [3.8, 4) is 5.75 Å². The summed E-state index contributed by atoms with van der Waals surface area (Å²) in [5, 5.41) is 9.91. The van der Waals surface area contributed by atoms with Crippen LogP contribution in [0, 0.1) is 6.92 Å².